The lowest BCUT2D eigenvalue weighted by atomic mass is 9.79. The number of nitrogens with zero attached hydrogens (tertiary/aromatic N) is 7. The normalized spacial score (nSPS) is 24.5. The monoisotopic (exact) mass is 584 g/mol. The summed E-state index contributed by atoms with van der Waals surface area (Å²) in [6.07, 6.45) is 9.90. The summed E-state index contributed by atoms with van der Waals surface area (Å²) < 4.78 is 4.93. The third-order valence-corrected chi connectivity index (χ3v) is 9.94. The molecule has 0 bridgehead atoms. The molecule has 3 aromatic rings. The van der Waals surface area contributed by atoms with Gasteiger partial charge in [-0.05, 0) is 68.2 Å². The summed E-state index contributed by atoms with van der Waals surface area (Å²) in [6.45, 7) is 5.72. The van der Waals surface area contributed by atoms with E-state index in [1.54, 1.807) is 6.07 Å². The summed E-state index contributed by atoms with van der Waals surface area (Å²) in [6, 6.07) is 10.3. The Labute approximate surface area is 252 Å². The highest BCUT2D eigenvalue weighted by Crippen LogP contribution is 2.38. The fourth-order valence-corrected chi connectivity index (χ4v) is 7.43. The van der Waals surface area contributed by atoms with E-state index in [2.05, 4.69) is 36.3 Å². The molecule has 2 aromatic heterocycles. The number of carbonyl (C=O) groups excluding carboxylic acids is 1. The van der Waals surface area contributed by atoms with Gasteiger partial charge in [-0.2, -0.15) is 0 Å². The summed E-state index contributed by atoms with van der Waals surface area (Å²) in [5.74, 6) is 2.24. The molecule has 0 amide bonds. The van der Waals surface area contributed by atoms with Gasteiger partial charge in [0.2, 0.25) is 5.95 Å². The fraction of sp³-hybridized carbons (Fsp3) is 0.531. The number of para-hydroxylation sites is 1. The number of carbonyl (C=O) groups is 1. The number of phenolic OH excluding ortho intramolecular Hbond substituents is 1. The first kappa shape index (κ1) is 27.8. The lowest BCUT2D eigenvalue weighted by molar-refractivity contribution is -0.146. The molecule has 226 valence electrons. The number of nitrogens with one attached hydrogen (secondary N) is 1. The van der Waals surface area contributed by atoms with Crippen LogP contribution in [0.15, 0.2) is 42.7 Å². The largest absolute Gasteiger partial charge is 0.507 e. The number of esters is 1. The molecule has 0 spiro atoms. The molecular weight excluding hydrogens is 544 g/mol. The first-order valence-corrected chi connectivity index (χ1v) is 15.6. The quantitative estimate of drug-likeness (QED) is 0.428. The van der Waals surface area contributed by atoms with Crippen LogP contribution in [-0.4, -0.2) is 94.6 Å². The zero-order valence-corrected chi connectivity index (χ0v) is 24.7. The number of piperidine rings is 1. The van der Waals surface area contributed by atoms with Crippen molar-refractivity contribution in [1.29, 1.82) is 0 Å². The molecule has 1 atom stereocenters. The third-order valence-electron chi connectivity index (χ3n) is 9.94. The van der Waals surface area contributed by atoms with E-state index < -0.39 is 0 Å². The number of hydrogen-bond acceptors (Lipinski definition) is 11. The number of ether oxygens (including phenoxy) is 1. The van der Waals surface area contributed by atoms with Crippen LogP contribution in [0.25, 0.3) is 11.3 Å². The van der Waals surface area contributed by atoms with Crippen molar-refractivity contribution in [3.05, 3.63) is 48.3 Å². The predicted octanol–water partition coefficient (Wildman–Crippen LogP) is 3.67. The molecule has 0 unspecified atom stereocenters. The predicted molar refractivity (Wildman–Crippen MR) is 164 cm³/mol. The van der Waals surface area contributed by atoms with E-state index in [4.69, 9.17) is 14.7 Å². The number of hydrogen-bond donors (Lipinski definition) is 2. The van der Waals surface area contributed by atoms with Gasteiger partial charge in [-0.1, -0.05) is 12.1 Å². The minimum absolute atomic E-state index is 0.0353. The van der Waals surface area contributed by atoms with Crippen LogP contribution in [0.1, 0.15) is 50.0 Å². The number of rotatable bonds is 5. The number of piperazine rings is 1. The molecular formula is C32H40N8O3. The molecule has 3 aliphatic heterocycles. The van der Waals surface area contributed by atoms with Crippen molar-refractivity contribution in [3.63, 3.8) is 0 Å². The lowest BCUT2D eigenvalue weighted by Crippen LogP contribution is -2.61. The molecule has 3 fully saturated rings. The second-order valence-corrected chi connectivity index (χ2v) is 12.3. The summed E-state index contributed by atoms with van der Waals surface area (Å²) in [5.41, 5.74) is 3.64. The van der Waals surface area contributed by atoms with Crippen molar-refractivity contribution in [2.45, 2.75) is 56.5 Å². The zero-order chi connectivity index (χ0) is 29.3. The second-order valence-electron chi connectivity index (χ2n) is 12.3. The van der Waals surface area contributed by atoms with E-state index in [0.717, 1.165) is 95.2 Å². The maximum absolute atomic E-state index is 11.9. The maximum atomic E-state index is 11.9. The van der Waals surface area contributed by atoms with Crippen molar-refractivity contribution >= 4 is 23.4 Å². The van der Waals surface area contributed by atoms with Crippen LogP contribution in [0.5, 0.6) is 5.75 Å². The van der Waals surface area contributed by atoms with Crippen molar-refractivity contribution in [1.82, 2.24) is 25.1 Å². The molecule has 4 aliphatic rings. The standard InChI is InChI=1S/C32H40N8O3/c1-43-31(42)22-8-6-21(7-9-22)23-17-34-32(35-18-23)38-12-10-24(11-13-38)39-14-15-40-25(20-39)19-33-30-28(40)16-27(36-37-30)26-4-2-3-5-29(26)41/h2-5,16-18,21-22,24-25,41H,6-15,19-20H2,1H3,(H,33,37)/t21?,22?,25-/m0/s1. The number of aromatic nitrogens is 4. The number of anilines is 3. The molecule has 1 aliphatic carbocycles. The van der Waals surface area contributed by atoms with Crippen LogP contribution < -0.4 is 15.1 Å². The lowest BCUT2D eigenvalue weighted by Gasteiger charge is -2.49. The van der Waals surface area contributed by atoms with Gasteiger partial charge in [-0.25, -0.2) is 9.97 Å². The van der Waals surface area contributed by atoms with Gasteiger partial charge in [0.15, 0.2) is 5.82 Å². The highest BCUT2D eigenvalue weighted by molar-refractivity contribution is 5.76. The summed E-state index contributed by atoms with van der Waals surface area (Å²) >= 11 is 0. The molecule has 0 radical (unpaired) electrons. The third kappa shape index (κ3) is 5.58. The SMILES string of the molecule is COC(=O)C1CCC(c2cnc(N3CCC(N4CCN5c6cc(-c7ccccc7O)nnc6NC[C@H]5C4)CC3)nc2)CC1. The van der Waals surface area contributed by atoms with Crippen molar-refractivity contribution < 1.29 is 14.6 Å². The van der Waals surface area contributed by atoms with Crippen LogP contribution in [0, 0.1) is 5.92 Å². The Morgan fingerprint density at radius 3 is 2.47 bits per heavy atom. The van der Waals surface area contributed by atoms with Crippen LogP contribution in [0.2, 0.25) is 0 Å². The molecule has 2 saturated heterocycles. The highest BCUT2D eigenvalue weighted by Gasteiger charge is 2.36. The number of phenols is 1. The van der Waals surface area contributed by atoms with Gasteiger partial charge >= 0.3 is 5.97 Å². The Kier molecular flexibility index (Phi) is 7.73. The van der Waals surface area contributed by atoms with E-state index in [1.165, 1.54) is 12.7 Å². The Hall–Kier alpha value is -3.99. The smallest absolute Gasteiger partial charge is 0.308 e. The van der Waals surface area contributed by atoms with E-state index in [1.807, 2.05) is 30.6 Å². The maximum Gasteiger partial charge on any atom is 0.308 e. The summed E-state index contributed by atoms with van der Waals surface area (Å²) in [4.78, 5) is 28.8. The fourth-order valence-electron chi connectivity index (χ4n) is 7.43. The number of methoxy groups -OCH3 is 1. The summed E-state index contributed by atoms with van der Waals surface area (Å²) in [7, 11) is 1.47. The summed E-state index contributed by atoms with van der Waals surface area (Å²) in [5, 5.41) is 22.7. The Morgan fingerprint density at radius 1 is 0.953 bits per heavy atom. The molecule has 11 nitrogen and oxygen atoms in total. The number of benzene rings is 1. The van der Waals surface area contributed by atoms with E-state index in [-0.39, 0.29) is 17.6 Å². The van der Waals surface area contributed by atoms with Gasteiger partial charge in [-0.15, -0.1) is 10.2 Å². The van der Waals surface area contributed by atoms with Crippen molar-refractivity contribution in [3.8, 4) is 17.0 Å². The van der Waals surface area contributed by atoms with Gasteiger partial charge < -0.3 is 25.0 Å². The molecule has 1 aromatic carbocycles. The molecule has 11 heteroatoms. The number of aromatic hydroxyl groups is 1. The molecule has 43 heavy (non-hydrogen) atoms. The molecule has 5 heterocycles. The van der Waals surface area contributed by atoms with Gasteiger partial charge in [0.05, 0.1) is 30.5 Å². The van der Waals surface area contributed by atoms with E-state index >= 15 is 0 Å². The van der Waals surface area contributed by atoms with Gasteiger partial charge in [0.25, 0.3) is 0 Å². The van der Waals surface area contributed by atoms with Crippen LogP contribution in [0.3, 0.4) is 0 Å². The average Bonchev–Trinajstić information content (AvgIpc) is 3.08. The minimum Gasteiger partial charge on any atom is -0.507 e. The molecule has 2 N–H and O–H groups in total. The Bertz CT molecular complexity index is 1440. The van der Waals surface area contributed by atoms with Crippen LogP contribution in [-0.2, 0) is 9.53 Å². The van der Waals surface area contributed by atoms with Crippen molar-refractivity contribution in [2.24, 2.45) is 5.92 Å². The van der Waals surface area contributed by atoms with Gasteiger partial charge in [0.1, 0.15) is 5.75 Å². The molecule has 7 rings (SSSR count). The minimum atomic E-state index is -0.0785. The second kappa shape index (κ2) is 11.9. The Morgan fingerprint density at radius 2 is 1.72 bits per heavy atom. The highest BCUT2D eigenvalue weighted by atomic mass is 16.5. The van der Waals surface area contributed by atoms with E-state index in [9.17, 15) is 9.90 Å². The molecule has 1 saturated carbocycles. The average molecular weight is 585 g/mol. The zero-order valence-electron chi connectivity index (χ0n) is 24.7. The first-order chi connectivity index (χ1) is 21.1. The van der Waals surface area contributed by atoms with Crippen molar-refractivity contribution in [2.75, 3.05) is 61.5 Å². The van der Waals surface area contributed by atoms with Crippen LogP contribution in [0.4, 0.5) is 17.5 Å². The topological polar surface area (TPSA) is 120 Å². The van der Waals surface area contributed by atoms with Gasteiger partial charge in [-0.3, -0.25) is 9.69 Å². The van der Waals surface area contributed by atoms with Gasteiger partial charge in [0, 0.05) is 63.3 Å². The first-order valence-electron chi connectivity index (χ1n) is 15.6. The van der Waals surface area contributed by atoms with Crippen LogP contribution >= 0.6 is 0 Å². The number of fused-ring (bicyclic) bond motifs is 3. The Balaban J connectivity index is 0.933. The van der Waals surface area contributed by atoms with E-state index in [0.29, 0.717) is 29.3 Å².